The van der Waals surface area contributed by atoms with E-state index in [0.717, 1.165) is 35.5 Å². The molecule has 4 heterocycles. The largest absolute Gasteiger partial charge is 0.497 e. The lowest BCUT2D eigenvalue weighted by Gasteiger charge is -2.34. The number of aliphatic hydroxyl groups is 1. The molecule has 0 radical (unpaired) electrons. The summed E-state index contributed by atoms with van der Waals surface area (Å²) in [5.41, 5.74) is 3.29. The van der Waals surface area contributed by atoms with E-state index in [4.69, 9.17) is 35.8 Å². The summed E-state index contributed by atoms with van der Waals surface area (Å²) in [5.74, 6) is 2.56. The number of benzene rings is 2. The van der Waals surface area contributed by atoms with Gasteiger partial charge in [0.15, 0.2) is 11.5 Å². The van der Waals surface area contributed by atoms with Crippen LogP contribution in [-0.2, 0) is 13.1 Å². The fraction of sp³-hybridized carbons (Fsp3) is 0.361. The average molecular weight is 717 g/mol. The van der Waals surface area contributed by atoms with Crippen molar-refractivity contribution < 1.29 is 29.2 Å². The van der Waals surface area contributed by atoms with Crippen molar-refractivity contribution in [3.05, 3.63) is 94.4 Å². The van der Waals surface area contributed by atoms with Crippen LogP contribution in [0, 0.1) is 0 Å². The molecule has 0 bridgehead atoms. The quantitative estimate of drug-likeness (QED) is 0.141. The second-order valence-electron chi connectivity index (χ2n) is 12.1. The van der Waals surface area contributed by atoms with Crippen molar-refractivity contribution in [3.63, 3.8) is 0 Å². The van der Waals surface area contributed by atoms with Crippen molar-refractivity contribution in [2.24, 2.45) is 0 Å². The molecule has 0 aliphatic carbocycles. The van der Waals surface area contributed by atoms with Crippen molar-refractivity contribution in [2.45, 2.75) is 39.0 Å². The second-order valence-corrected chi connectivity index (χ2v) is 12.5. The van der Waals surface area contributed by atoms with E-state index in [1.54, 1.807) is 37.2 Å². The maximum Gasteiger partial charge on any atom is 0.407 e. The van der Waals surface area contributed by atoms with Gasteiger partial charge in [-0.25, -0.2) is 19.3 Å². The third-order valence-corrected chi connectivity index (χ3v) is 9.01. The smallest absolute Gasteiger partial charge is 0.407 e. The van der Waals surface area contributed by atoms with Crippen molar-refractivity contribution >= 4 is 35.0 Å². The first-order valence-corrected chi connectivity index (χ1v) is 17.1. The number of carboxylic acid groups (broad SMARTS) is 1. The number of piperazine rings is 1. The number of ether oxygens (including phenoxy) is 3. The van der Waals surface area contributed by atoms with Crippen LogP contribution in [0.4, 0.5) is 16.4 Å². The summed E-state index contributed by atoms with van der Waals surface area (Å²) in [5, 5.41) is 26.0. The molecule has 1 aliphatic heterocycles. The Kier molecular flexibility index (Phi) is 11.2. The number of methoxy groups -OCH3 is 2. The van der Waals surface area contributed by atoms with Crippen LogP contribution in [0.15, 0.2) is 67.0 Å². The number of amides is 1. The molecule has 268 valence electrons. The Morgan fingerprint density at radius 1 is 0.941 bits per heavy atom. The fourth-order valence-corrected chi connectivity index (χ4v) is 6.14. The molecule has 1 saturated heterocycles. The van der Waals surface area contributed by atoms with Crippen molar-refractivity contribution in [2.75, 3.05) is 56.8 Å². The highest BCUT2D eigenvalue weighted by Crippen LogP contribution is 2.32. The van der Waals surface area contributed by atoms with Crippen LogP contribution in [0.5, 0.6) is 17.5 Å². The van der Waals surface area contributed by atoms with Gasteiger partial charge in [-0.2, -0.15) is 4.98 Å². The van der Waals surface area contributed by atoms with Crippen LogP contribution in [0.2, 0.25) is 5.02 Å². The summed E-state index contributed by atoms with van der Waals surface area (Å²) in [7, 11) is 3.27. The molecule has 5 aromatic rings. The molecule has 1 atom stereocenters. The minimum atomic E-state index is -1.19. The number of halogens is 1. The highest BCUT2D eigenvalue weighted by atomic mass is 35.5. The second kappa shape index (κ2) is 16.1. The maximum absolute atomic E-state index is 11.7. The molecule has 3 aromatic heterocycles. The summed E-state index contributed by atoms with van der Waals surface area (Å²) in [6, 6.07) is 17.5. The first-order chi connectivity index (χ1) is 24.8. The van der Waals surface area contributed by atoms with Gasteiger partial charge >= 0.3 is 12.1 Å². The first-order valence-electron chi connectivity index (χ1n) is 16.7. The van der Waals surface area contributed by atoms with E-state index in [1.807, 2.05) is 53.4 Å². The molecule has 14 nitrogen and oxygen atoms in total. The summed E-state index contributed by atoms with van der Waals surface area (Å²) in [6.07, 6.45) is 2.75. The van der Waals surface area contributed by atoms with Crippen molar-refractivity contribution in [1.82, 2.24) is 29.5 Å². The number of hydrogen-bond acceptors (Lipinski definition) is 11. The van der Waals surface area contributed by atoms with Gasteiger partial charge in [0.1, 0.15) is 23.4 Å². The van der Waals surface area contributed by atoms with Gasteiger partial charge in [0.05, 0.1) is 37.7 Å². The Morgan fingerprint density at radius 2 is 1.57 bits per heavy atom. The number of anilines is 2. The van der Waals surface area contributed by atoms with Crippen LogP contribution < -0.4 is 24.0 Å². The molecule has 2 aromatic carbocycles. The number of pyridine rings is 1. The van der Waals surface area contributed by atoms with Crippen molar-refractivity contribution in [1.29, 1.82) is 0 Å². The average Bonchev–Trinajstić information content (AvgIpc) is 3.58. The van der Waals surface area contributed by atoms with Gasteiger partial charge < -0.3 is 39.1 Å². The van der Waals surface area contributed by atoms with E-state index in [0.29, 0.717) is 79.4 Å². The third kappa shape index (κ3) is 8.18. The molecule has 1 amide bonds. The molecule has 1 fully saturated rings. The number of nitrogens with zero attached hydrogens (tertiary/aromatic N) is 8. The van der Waals surface area contributed by atoms with E-state index in [9.17, 15) is 15.0 Å². The monoisotopic (exact) mass is 716 g/mol. The number of carbonyl (C=O) groups is 1. The lowest BCUT2D eigenvalue weighted by molar-refractivity contribution is 0.142. The Hall–Kier alpha value is -5.34. The normalized spacial score (nSPS) is 13.7. The number of hydrogen-bond donors (Lipinski definition) is 2. The van der Waals surface area contributed by atoms with E-state index in [-0.39, 0.29) is 6.01 Å². The molecule has 1 unspecified atom stereocenters. The van der Waals surface area contributed by atoms with Gasteiger partial charge in [-0.3, -0.25) is 0 Å². The predicted octanol–water partition coefficient (Wildman–Crippen LogP) is 5.46. The number of fused-ring (bicyclic) bond motifs is 1. The van der Waals surface area contributed by atoms with E-state index >= 15 is 0 Å². The van der Waals surface area contributed by atoms with E-state index in [1.165, 1.54) is 4.90 Å². The predicted molar refractivity (Wildman–Crippen MR) is 192 cm³/mol. The number of aromatic nitrogens is 5. The fourth-order valence-electron chi connectivity index (χ4n) is 5.85. The summed E-state index contributed by atoms with van der Waals surface area (Å²) in [4.78, 5) is 30.9. The standard InChI is InChI=1S/C36H41ClN8O6/c1-4-5-18-51-35-40-34(44(22-24-6-10-27(49-2)11-7-24)23-25-8-12-28(50-3)13-9-25)33-39-21-30(45(33)41-35)31(46)26-19-29(37)32(38-20-26)42-14-16-43(17-15-42)36(47)48/h6-13,19-21,31,46H,4-5,14-18,22-23H2,1-3H3,(H,47,48). The SMILES string of the molecule is CCCCOc1nc(N(Cc2ccc(OC)cc2)Cc2ccc(OC)cc2)c2ncc(C(O)c3cnc(N4CCN(C(=O)O)CC4)c(Cl)c3)n2n1. The molecule has 15 heteroatoms. The van der Waals surface area contributed by atoms with Crippen LogP contribution in [0.25, 0.3) is 5.65 Å². The van der Waals surface area contributed by atoms with Crippen LogP contribution >= 0.6 is 11.6 Å². The maximum atomic E-state index is 11.7. The highest BCUT2D eigenvalue weighted by molar-refractivity contribution is 6.33. The number of aliphatic hydroxyl groups excluding tert-OH is 1. The third-order valence-electron chi connectivity index (χ3n) is 8.73. The Labute approximate surface area is 300 Å². The summed E-state index contributed by atoms with van der Waals surface area (Å²) >= 11 is 6.70. The van der Waals surface area contributed by atoms with Gasteiger partial charge in [0.2, 0.25) is 0 Å². The van der Waals surface area contributed by atoms with Gasteiger partial charge in [0, 0.05) is 51.0 Å². The molecule has 2 N–H and O–H groups in total. The number of imidazole rings is 1. The minimum absolute atomic E-state index is 0.152. The number of unbranched alkanes of at least 4 members (excludes halogenated alkanes) is 1. The Balaban J connectivity index is 1.36. The zero-order chi connectivity index (χ0) is 35.9. The topological polar surface area (TPSA) is 151 Å². The molecule has 6 rings (SSSR count). The summed E-state index contributed by atoms with van der Waals surface area (Å²) in [6.45, 7) is 5.06. The zero-order valence-corrected chi connectivity index (χ0v) is 29.5. The van der Waals surface area contributed by atoms with Crippen molar-refractivity contribution in [3.8, 4) is 17.5 Å². The van der Waals surface area contributed by atoms with Gasteiger partial charge in [-0.1, -0.05) is 49.2 Å². The van der Waals surface area contributed by atoms with Crippen LogP contribution in [0.3, 0.4) is 0 Å². The van der Waals surface area contributed by atoms with E-state index in [2.05, 4.69) is 21.9 Å². The molecular weight excluding hydrogens is 676 g/mol. The lowest BCUT2D eigenvalue weighted by atomic mass is 10.1. The Bertz CT molecular complexity index is 1880. The van der Waals surface area contributed by atoms with Crippen LogP contribution in [0.1, 0.15) is 48.3 Å². The lowest BCUT2D eigenvalue weighted by Crippen LogP contribution is -2.48. The van der Waals surface area contributed by atoms with E-state index < -0.39 is 12.2 Å². The van der Waals surface area contributed by atoms with Crippen LogP contribution in [-0.4, -0.2) is 92.8 Å². The molecule has 51 heavy (non-hydrogen) atoms. The summed E-state index contributed by atoms with van der Waals surface area (Å²) < 4.78 is 18.4. The highest BCUT2D eigenvalue weighted by Gasteiger charge is 2.26. The van der Waals surface area contributed by atoms with Gasteiger partial charge in [-0.15, -0.1) is 5.10 Å². The molecular formula is C36H41ClN8O6. The Morgan fingerprint density at radius 3 is 2.12 bits per heavy atom. The number of rotatable bonds is 14. The molecule has 0 spiro atoms. The molecule has 0 saturated carbocycles. The zero-order valence-electron chi connectivity index (χ0n) is 28.8. The van der Waals surface area contributed by atoms with Gasteiger partial charge in [-0.05, 0) is 47.9 Å². The molecule has 1 aliphatic rings. The minimum Gasteiger partial charge on any atom is -0.497 e. The first kappa shape index (κ1) is 35.5. The van der Waals surface area contributed by atoms with Gasteiger partial charge in [0.25, 0.3) is 0 Å².